The van der Waals surface area contributed by atoms with Gasteiger partial charge in [-0.1, -0.05) is 18.2 Å². The van der Waals surface area contributed by atoms with Crippen LogP contribution in [0.1, 0.15) is 28.2 Å². The molecule has 7 nitrogen and oxygen atoms in total. The van der Waals surface area contributed by atoms with Crippen LogP contribution in [0, 0.1) is 13.8 Å². The van der Waals surface area contributed by atoms with E-state index in [4.69, 9.17) is 4.74 Å². The van der Waals surface area contributed by atoms with Gasteiger partial charge in [-0.15, -0.1) is 0 Å². The van der Waals surface area contributed by atoms with E-state index in [0.29, 0.717) is 12.0 Å². The monoisotopic (exact) mass is 404 g/mol. The zero-order chi connectivity index (χ0) is 20.5. The summed E-state index contributed by atoms with van der Waals surface area (Å²) in [5.41, 5.74) is 2.96. The summed E-state index contributed by atoms with van der Waals surface area (Å²) in [5.74, 6) is -0.939. The Kier molecular flexibility index (Phi) is 5.60. The molecule has 8 heteroatoms. The highest BCUT2D eigenvalue weighted by Crippen LogP contribution is 2.21. The number of carbonyl (C=O) groups is 2. The van der Waals surface area contributed by atoms with Crippen LogP contribution in [-0.2, 0) is 19.4 Å². The fourth-order valence-electron chi connectivity index (χ4n) is 3.54. The van der Waals surface area contributed by atoms with E-state index in [1.807, 2.05) is 48.7 Å². The van der Waals surface area contributed by atoms with Crippen molar-refractivity contribution in [3.8, 4) is 5.69 Å². The summed E-state index contributed by atoms with van der Waals surface area (Å²) in [4.78, 5) is 26.2. The quantitative estimate of drug-likeness (QED) is 0.711. The average Bonchev–Trinajstić information content (AvgIpc) is 3.18. The van der Waals surface area contributed by atoms with Gasteiger partial charge in [-0.2, -0.15) is 0 Å². The highest BCUT2D eigenvalue weighted by molar-refractivity contribution is 7.91. The molecule has 1 saturated heterocycles. The summed E-state index contributed by atoms with van der Waals surface area (Å²) < 4.78 is 30.3. The number of hydrogen-bond donors (Lipinski definition) is 0. The van der Waals surface area contributed by atoms with Crippen LogP contribution in [0.5, 0.6) is 0 Å². The molecule has 2 heterocycles. The van der Waals surface area contributed by atoms with Gasteiger partial charge in [0.05, 0.1) is 17.1 Å². The normalized spacial score (nSPS) is 18.0. The van der Waals surface area contributed by atoms with Crippen LogP contribution in [0.2, 0.25) is 0 Å². The Hall–Kier alpha value is -2.61. The molecule has 0 unspecified atom stereocenters. The summed E-state index contributed by atoms with van der Waals surface area (Å²) >= 11 is 0. The molecule has 1 fully saturated rings. The molecule has 1 aliphatic rings. The lowest BCUT2D eigenvalue weighted by molar-refractivity contribution is -0.134. The zero-order valence-corrected chi connectivity index (χ0v) is 17.0. The maximum atomic E-state index is 12.5. The van der Waals surface area contributed by atoms with Crippen molar-refractivity contribution in [2.75, 3.05) is 25.2 Å². The molecule has 1 amide bonds. The Morgan fingerprint density at radius 3 is 2.50 bits per heavy atom. The summed E-state index contributed by atoms with van der Waals surface area (Å²) in [5, 5.41) is 0. The van der Waals surface area contributed by atoms with Crippen LogP contribution in [0.15, 0.2) is 36.4 Å². The number of esters is 1. The summed E-state index contributed by atoms with van der Waals surface area (Å²) in [6, 6.07) is 11.0. The van der Waals surface area contributed by atoms with E-state index in [-0.39, 0.29) is 17.5 Å². The molecule has 1 aromatic heterocycles. The molecule has 1 aliphatic heterocycles. The molecule has 0 bridgehead atoms. The molecule has 0 radical (unpaired) electrons. The molecule has 0 aliphatic carbocycles. The van der Waals surface area contributed by atoms with E-state index in [0.717, 1.165) is 17.1 Å². The van der Waals surface area contributed by atoms with E-state index < -0.39 is 28.3 Å². The minimum Gasteiger partial charge on any atom is -0.452 e. The lowest BCUT2D eigenvalue weighted by atomic mass is 10.2. The van der Waals surface area contributed by atoms with E-state index in [1.54, 1.807) is 13.1 Å². The fraction of sp³-hybridized carbons (Fsp3) is 0.400. The topological polar surface area (TPSA) is 85.7 Å². The third kappa shape index (κ3) is 4.11. The van der Waals surface area contributed by atoms with E-state index in [9.17, 15) is 18.0 Å². The number of hydrogen-bond acceptors (Lipinski definition) is 5. The fourth-order valence-corrected chi connectivity index (χ4v) is 5.31. The first kappa shape index (κ1) is 20.1. The van der Waals surface area contributed by atoms with E-state index >= 15 is 0 Å². The number of rotatable bonds is 5. The molecule has 150 valence electrons. The number of likely N-dealkylation sites (N-methyl/N-ethyl adjacent to an activating group) is 1. The first-order valence-corrected chi connectivity index (χ1v) is 10.9. The van der Waals surface area contributed by atoms with Gasteiger partial charge in [0.2, 0.25) is 0 Å². The third-order valence-electron chi connectivity index (χ3n) is 5.14. The first-order valence-electron chi connectivity index (χ1n) is 9.07. The number of ether oxygens (including phenoxy) is 1. The zero-order valence-electron chi connectivity index (χ0n) is 16.2. The lowest BCUT2D eigenvalue weighted by Crippen LogP contribution is -2.40. The number of carbonyl (C=O) groups excluding carboxylic acids is 2. The van der Waals surface area contributed by atoms with Crippen LogP contribution >= 0.6 is 0 Å². The van der Waals surface area contributed by atoms with Crippen molar-refractivity contribution in [3.63, 3.8) is 0 Å². The number of amides is 1. The highest BCUT2D eigenvalue weighted by Gasteiger charge is 2.33. The smallest absolute Gasteiger partial charge is 0.340 e. The largest absolute Gasteiger partial charge is 0.452 e. The number of sulfone groups is 1. The molecule has 3 rings (SSSR count). The van der Waals surface area contributed by atoms with E-state index in [2.05, 4.69) is 0 Å². The summed E-state index contributed by atoms with van der Waals surface area (Å²) in [6.45, 7) is 3.31. The molecule has 28 heavy (non-hydrogen) atoms. The second-order valence-corrected chi connectivity index (χ2v) is 9.32. The maximum Gasteiger partial charge on any atom is 0.340 e. The molecule has 0 N–H and O–H groups in total. The van der Waals surface area contributed by atoms with Gasteiger partial charge in [0.15, 0.2) is 16.4 Å². The Balaban J connectivity index is 1.66. The van der Waals surface area contributed by atoms with Gasteiger partial charge in [0.25, 0.3) is 5.91 Å². The maximum absolute atomic E-state index is 12.5. The Labute approximate surface area is 164 Å². The third-order valence-corrected chi connectivity index (χ3v) is 6.89. The van der Waals surface area contributed by atoms with Crippen LogP contribution < -0.4 is 0 Å². The Morgan fingerprint density at radius 1 is 1.21 bits per heavy atom. The van der Waals surface area contributed by atoms with Crippen molar-refractivity contribution in [1.82, 2.24) is 9.47 Å². The van der Waals surface area contributed by atoms with Gasteiger partial charge in [-0.3, -0.25) is 4.79 Å². The van der Waals surface area contributed by atoms with Crippen molar-refractivity contribution in [1.29, 1.82) is 0 Å². The molecule has 1 aromatic carbocycles. The van der Waals surface area contributed by atoms with Gasteiger partial charge in [-0.05, 0) is 38.5 Å². The molecule has 0 spiro atoms. The summed E-state index contributed by atoms with van der Waals surface area (Å²) in [6.07, 6.45) is 0.413. The highest BCUT2D eigenvalue weighted by atomic mass is 32.2. The van der Waals surface area contributed by atoms with Crippen LogP contribution in [-0.4, -0.2) is 61.0 Å². The number of aromatic nitrogens is 1. The predicted molar refractivity (Wildman–Crippen MR) is 105 cm³/mol. The van der Waals surface area contributed by atoms with Crippen molar-refractivity contribution < 1.29 is 22.7 Å². The standard InChI is InChI=1S/C20H24N2O5S/c1-14-11-18(15(2)22(14)16-7-5-4-6-8-16)20(24)27-12-19(23)21(3)17-9-10-28(25,26)13-17/h4-8,11,17H,9-10,12-13H2,1-3H3/t17-/m0/s1. The summed E-state index contributed by atoms with van der Waals surface area (Å²) in [7, 11) is -1.54. The Morgan fingerprint density at radius 2 is 1.89 bits per heavy atom. The number of aryl methyl sites for hydroxylation is 1. The minimum absolute atomic E-state index is 0.0403. The first-order chi connectivity index (χ1) is 13.2. The lowest BCUT2D eigenvalue weighted by Gasteiger charge is -2.23. The van der Waals surface area contributed by atoms with Crippen molar-refractivity contribution in [2.24, 2.45) is 0 Å². The van der Waals surface area contributed by atoms with Crippen LogP contribution in [0.25, 0.3) is 5.69 Å². The van der Waals surface area contributed by atoms with Crippen molar-refractivity contribution in [2.45, 2.75) is 26.3 Å². The van der Waals surface area contributed by atoms with Crippen molar-refractivity contribution in [3.05, 3.63) is 53.3 Å². The number of benzene rings is 1. The van der Waals surface area contributed by atoms with Crippen LogP contribution in [0.3, 0.4) is 0 Å². The molecule has 2 aromatic rings. The number of para-hydroxylation sites is 1. The van der Waals surface area contributed by atoms with Crippen LogP contribution in [0.4, 0.5) is 0 Å². The Bertz CT molecular complexity index is 995. The molecule has 0 saturated carbocycles. The van der Waals surface area contributed by atoms with Gasteiger partial charge >= 0.3 is 5.97 Å². The van der Waals surface area contributed by atoms with Gasteiger partial charge in [-0.25, -0.2) is 13.2 Å². The molecule has 1 atom stereocenters. The second-order valence-electron chi connectivity index (χ2n) is 7.09. The van der Waals surface area contributed by atoms with Gasteiger partial charge < -0.3 is 14.2 Å². The molecular formula is C20H24N2O5S. The van der Waals surface area contributed by atoms with Crippen molar-refractivity contribution >= 4 is 21.7 Å². The van der Waals surface area contributed by atoms with Gasteiger partial charge in [0.1, 0.15) is 0 Å². The average molecular weight is 404 g/mol. The molecular weight excluding hydrogens is 380 g/mol. The minimum atomic E-state index is -3.09. The number of nitrogens with zero attached hydrogens (tertiary/aromatic N) is 2. The predicted octanol–water partition coefficient (Wildman–Crippen LogP) is 1.90. The van der Waals surface area contributed by atoms with E-state index in [1.165, 1.54) is 4.90 Å². The second kappa shape index (κ2) is 7.79. The van der Waals surface area contributed by atoms with Gasteiger partial charge in [0, 0.05) is 30.2 Å². The SMILES string of the molecule is Cc1cc(C(=O)OCC(=O)N(C)[C@H]2CCS(=O)(=O)C2)c(C)n1-c1ccccc1.